The number of carbonyl (C=O) groups is 2. The summed E-state index contributed by atoms with van der Waals surface area (Å²) < 4.78 is 19.3. The van der Waals surface area contributed by atoms with Crippen molar-refractivity contribution in [2.45, 2.75) is 57.7 Å². The van der Waals surface area contributed by atoms with Crippen molar-refractivity contribution in [2.24, 2.45) is 0 Å². The summed E-state index contributed by atoms with van der Waals surface area (Å²) in [4.78, 5) is 27.6. The molecule has 3 rings (SSSR count). The maximum absolute atomic E-state index is 13.9. The first-order valence-corrected chi connectivity index (χ1v) is 10.6. The lowest BCUT2D eigenvalue weighted by atomic mass is 10.1. The van der Waals surface area contributed by atoms with Crippen molar-refractivity contribution in [3.8, 4) is 5.75 Å². The molecule has 6 heteroatoms. The Labute approximate surface area is 177 Å². The molecular weight excluding hydrogens is 383 g/mol. The van der Waals surface area contributed by atoms with Crippen LogP contribution in [-0.2, 0) is 16.1 Å². The quantitative estimate of drug-likeness (QED) is 0.675. The molecule has 1 saturated carbocycles. The average molecular weight is 413 g/mol. The first-order chi connectivity index (χ1) is 14.6. The summed E-state index contributed by atoms with van der Waals surface area (Å²) in [6.07, 6.45) is 4.67. The van der Waals surface area contributed by atoms with Crippen LogP contribution in [0.2, 0.25) is 0 Å². The highest BCUT2D eigenvalue weighted by Gasteiger charge is 2.30. The van der Waals surface area contributed by atoms with Crippen molar-refractivity contribution in [3.63, 3.8) is 0 Å². The van der Waals surface area contributed by atoms with Crippen LogP contribution in [-0.4, -0.2) is 35.4 Å². The standard InChI is InChI=1S/C24H29FN2O3/c1-2-21(24(29)26-19-12-6-7-13-19)27(16-18-10-4-3-5-11-18)23(28)17-30-22-15-9-8-14-20(22)25/h3-5,8-11,14-15,19,21H,2,6-7,12-13,16-17H2,1H3,(H,26,29)/t21-/m0/s1. The predicted octanol–water partition coefficient (Wildman–Crippen LogP) is 4.07. The van der Waals surface area contributed by atoms with E-state index in [1.807, 2.05) is 37.3 Å². The van der Waals surface area contributed by atoms with Crippen molar-refractivity contribution < 1.29 is 18.7 Å². The van der Waals surface area contributed by atoms with E-state index >= 15 is 0 Å². The van der Waals surface area contributed by atoms with Crippen LogP contribution in [0.4, 0.5) is 4.39 Å². The average Bonchev–Trinajstić information content (AvgIpc) is 3.26. The predicted molar refractivity (Wildman–Crippen MR) is 113 cm³/mol. The van der Waals surface area contributed by atoms with E-state index in [1.54, 1.807) is 17.0 Å². The van der Waals surface area contributed by atoms with Crippen molar-refractivity contribution in [1.29, 1.82) is 0 Å². The van der Waals surface area contributed by atoms with Crippen LogP contribution in [0.15, 0.2) is 54.6 Å². The number of para-hydroxylation sites is 1. The summed E-state index contributed by atoms with van der Waals surface area (Å²) in [7, 11) is 0. The lowest BCUT2D eigenvalue weighted by molar-refractivity contribution is -0.143. The Balaban J connectivity index is 1.74. The van der Waals surface area contributed by atoms with Gasteiger partial charge < -0.3 is 15.0 Å². The van der Waals surface area contributed by atoms with Gasteiger partial charge in [-0.25, -0.2) is 4.39 Å². The number of nitrogens with zero attached hydrogens (tertiary/aromatic N) is 1. The van der Waals surface area contributed by atoms with E-state index in [2.05, 4.69) is 5.32 Å². The molecule has 2 aromatic carbocycles. The van der Waals surface area contributed by atoms with Crippen LogP contribution in [0.5, 0.6) is 5.75 Å². The minimum absolute atomic E-state index is 0.0222. The lowest BCUT2D eigenvalue weighted by Crippen LogP contribution is -2.52. The zero-order valence-corrected chi connectivity index (χ0v) is 17.4. The highest BCUT2D eigenvalue weighted by molar-refractivity contribution is 5.88. The molecule has 5 nitrogen and oxygen atoms in total. The van der Waals surface area contributed by atoms with Crippen LogP contribution >= 0.6 is 0 Å². The van der Waals surface area contributed by atoms with Gasteiger partial charge in [0.05, 0.1) is 0 Å². The van der Waals surface area contributed by atoms with Gasteiger partial charge in [-0.15, -0.1) is 0 Å². The summed E-state index contributed by atoms with van der Waals surface area (Å²) in [6.45, 7) is 1.85. The molecule has 0 radical (unpaired) electrons. The second-order valence-corrected chi connectivity index (χ2v) is 7.64. The molecular formula is C24H29FN2O3. The fraction of sp³-hybridized carbons (Fsp3) is 0.417. The topological polar surface area (TPSA) is 58.6 Å². The Morgan fingerprint density at radius 3 is 2.43 bits per heavy atom. The third kappa shape index (κ3) is 5.81. The second-order valence-electron chi connectivity index (χ2n) is 7.64. The van der Waals surface area contributed by atoms with Crippen LogP contribution < -0.4 is 10.1 Å². The molecule has 1 aliphatic rings. The largest absolute Gasteiger partial charge is 0.481 e. The molecule has 0 spiro atoms. The highest BCUT2D eigenvalue weighted by Crippen LogP contribution is 2.20. The molecule has 1 fully saturated rings. The minimum Gasteiger partial charge on any atom is -0.481 e. The van der Waals surface area contributed by atoms with Gasteiger partial charge in [0, 0.05) is 12.6 Å². The number of halogens is 1. The number of amides is 2. The van der Waals surface area contributed by atoms with Crippen molar-refractivity contribution in [1.82, 2.24) is 10.2 Å². The van der Waals surface area contributed by atoms with E-state index in [0.717, 1.165) is 31.2 Å². The number of hydrogen-bond donors (Lipinski definition) is 1. The molecule has 0 aliphatic heterocycles. The van der Waals surface area contributed by atoms with E-state index in [9.17, 15) is 14.0 Å². The normalized spacial score (nSPS) is 14.9. The van der Waals surface area contributed by atoms with Gasteiger partial charge in [0.2, 0.25) is 5.91 Å². The van der Waals surface area contributed by atoms with Gasteiger partial charge in [0.25, 0.3) is 5.91 Å². The monoisotopic (exact) mass is 412 g/mol. The third-order valence-corrected chi connectivity index (χ3v) is 5.47. The van der Waals surface area contributed by atoms with Crippen LogP contribution in [0.1, 0.15) is 44.6 Å². The Morgan fingerprint density at radius 1 is 1.10 bits per heavy atom. The maximum Gasteiger partial charge on any atom is 0.261 e. The summed E-state index contributed by atoms with van der Waals surface area (Å²) >= 11 is 0. The van der Waals surface area contributed by atoms with Crippen LogP contribution in [0.25, 0.3) is 0 Å². The number of hydrogen-bond acceptors (Lipinski definition) is 3. The molecule has 0 saturated heterocycles. The van der Waals surface area contributed by atoms with Gasteiger partial charge in [-0.3, -0.25) is 9.59 Å². The van der Waals surface area contributed by atoms with Crippen LogP contribution in [0, 0.1) is 5.82 Å². The molecule has 1 atom stereocenters. The highest BCUT2D eigenvalue weighted by atomic mass is 19.1. The van der Waals surface area contributed by atoms with E-state index < -0.39 is 11.9 Å². The lowest BCUT2D eigenvalue weighted by Gasteiger charge is -2.31. The SMILES string of the molecule is CC[C@@H](C(=O)NC1CCCC1)N(Cc1ccccc1)C(=O)COc1ccccc1F. The number of rotatable bonds is 9. The van der Waals surface area contributed by atoms with Crippen molar-refractivity contribution in [2.75, 3.05) is 6.61 Å². The Bertz CT molecular complexity index is 837. The fourth-order valence-electron chi connectivity index (χ4n) is 3.85. The smallest absolute Gasteiger partial charge is 0.261 e. The van der Waals surface area contributed by atoms with E-state index in [4.69, 9.17) is 4.74 Å². The Morgan fingerprint density at radius 2 is 1.77 bits per heavy atom. The van der Waals surface area contributed by atoms with Gasteiger partial charge in [-0.1, -0.05) is 62.2 Å². The van der Waals surface area contributed by atoms with Gasteiger partial charge in [-0.2, -0.15) is 0 Å². The number of carbonyl (C=O) groups excluding carboxylic acids is 2. The zero-order chi connectivity index (χ0) is 21.3. The van der Waals surface area contributed by atoms with Crippen molar-refractivity contribution >= 4 is 11.8 Å². The molecule has 2 aromatic rings. The van der Waals surface area contributed by atoms with Gasteiger partial charge in [-0.05, 0) is 37.0 Å². The molecule has 0 bridgehead atoms. The third-order valence-electron chi connectivity index (χ3n) is 5.47. The van der Waals surface area contributed by atoms with Crippen molar-refractivity contribution in [3.05, 3.63) is 66.0 Å². The second kappa shape index (κ2) is 10.8. The molecule has 30 heavy (non-hydrogen) atoms. The zero-order valence-electron chi connectivity index (χ0n) is 17.4. The Kier molecular flexibility index (Phi) is 7.82. The summed E-state index contributed by atoms with van der Waals surface area (Å²) in [5.41, 5.74) is 0.920. The van der Waals surface area contributed by atoms with Gasteiger partial charge in [0.15, 0.2) is 18.2 Å². The number of nitrogens with one attached hydrogen (secondary N) is 1. The summed E-state index contributed by atoms with van der Waals surface area (Å²) in [5.74, 6) is -0.991. The fourth-order valence-corrected chi connectivity index (χ4v) is 3.85. The first kappa shape index (κ1) is 21.8. The van der Waals surface area contributed by atoms with E-state index in [1.165, 1.54) is 12.1 Å². The van der Waals surface area contributed by atoms with E-state index in [0.29, 0.717) is 6.42 Å². The van der Waals surface area contributed by atoms with Gasteiger partial charge in [0.1, 0.15) is 6.04 Å². The molecule has 1 aliphatic carbocycles. The molecule has 2 amide bonds. The van der Waals surface area contributed by atoms with E-state index in [-0.39, 0.29) is 36.8 Å². The Hall–Kier alpha value is -2.89. The molecule has 0 aromatic heterocycles. The number of ether oxygens (including phenoxy) is 1. The molecule has 1 N–H and O–H groups in total. The summed E-state index contributed by atoms with van der Waals surface area (Å²) in [5, 5.41) is 3.10. The first-order valence-electron chi connectivity index (χ1n) is 10.6. The summed E-state index contributed by atoms with van der Waals surface area (Å²) in [6, 6.07) is 15.1. The van der Waals surface area contributed by atoms with Gasteiger partial charge >= 0.3 is 0 Å². The number of benzene rings is 2. The molecule has 0 unspecified atom stereocenters. The maximum atomic E-state index is 13.9. The molecule has 160 valence electrons. The molecule has 0 heterocycles. The van der Waals surface area contributed by atoms with Crippen LogP contribution in [0.3, 0.4) is 0 Å². The minimum atomic E-state index is -0.609.